The van der Waals surface area contributed by atoms with E-state index in [1.807, 2.05) is 18.9 Å². The van der Waals surface area contributed by atoms with Crippen LogP contribution in [0, 0.1) is 6.92 Å². The van der Waals surface area contributed by atoms with Crippen LogP contribution in [0.2, 0.25) is 0 Å². The molecule has 0 radical (unpaired) electrons. The molecule has 1 amide bonds. The maximum absolute atomic E-state index is 12.8. The van der Waals surface area contributed by atoms with Crippen molar-refractivity contribution >= 4 is 23.4 Å². The molecule has 1 aliphatic carbocycles. The number of likely N-dealkylation sites (N-methyl/N-ethyl adjacent to an activating group) is 1. The van der Waals surface area contributed by atoms with Gasteiger partial charge in [0, 0.05) is 32.0 Å². The third-order valence-corrected chi connectivity index (χ3v) is 5.54. The molecule has 1 atom stereocenters. The van der Waals surface area contributed by atoms with Crippen molar-refractivity contribution in [1.29, 1.82) is 0 Å². The fraction of sp³-hybridized carbons (Fsp3) is 0.500. The minimum atomic E-state index is -4.51. The highest BCUT2D eigenvalue weighted by Gasteiger charge is 2.36. The highest BCUT2D eigenvalue weighted by atomic mass is 19.4. The molecule has 2 aromatic heterocycles. The van der Waals surface area contributed by atoms with Crippen molar-refractivity contribution in [1.82, 2.24) is 15.0 Å². The fourth-order valence-corrected chi connectivity index (χ4v) is 3.78. The van der Waals surface area contributed by atoms with Crippen LogP contribution < -0.4 is 20.3 Å². The Kier molecular flexibility index (Phi) is 5.36. The van der Waals surface area contributed by atoms with Gasteiger partial charge >= 0.3 is 6.18 Å². The Morgan fingerprint density at radius 2 is 2.00 bits per heavy atom. The van der Waals surface area contributed by atoms with E-state index in [1.54, 1.807) is 6.92 Å². The van der Waals surface area contributed by atoms with Crippen LogP contribution in [0.4, 0.5) is 30.6 Å². The number of alkyl halides is 3. The molecular weight excluding hydrogens is 413 g/mol. The van der Waals surface area contributed by atoms with E-state index < -0.39 is 11.9 Å². The minimum Gasteiger partial charge on any atom is -0.474 e. The highest BCUT2D eigenvalue weighted by molar-refractivity contribution is 6.03. The van der Waals surface area contributed by atoms with E-state index in [9.17, 15) is 18.0 Å². The van der Waals surface area contributed by atoms with Crippen LogP contribution in [0.5, 0.6) is 5.88 Å². The van der Waals surface area contributed by atoms with Gasteiger partial charge in [-0.2, -0.15) is 18.2 Å². The number of hydrogen-bond acceptors (Lipinski definition) is 7. The largest absolute Gasteiger partial charge is 0.474 e. The smallest absolute Gasteiger partial charge is 0.433 e. The molecule has 1 fully saturated rings. The predicted octanol–water partition coefficient (Wildman–Crippen LogP) is 3.39. The molecule has 4 rings (SSSR count). The van der Waals surface area contributed by atoms with E-state index in [2.05, 4.69) is 25.6 Å². The second-order valence-corrected chi connectivity index (χ2v) is 7.77. The van der Waals surface area contributed by atoms with Gasteiger partial charge in [0.05, 0.1) is 5.69 Å². The van der Waals surface area contributed by atoms with Crippen LogP contribution in [0.15, 0.2) is 18.2 Å². The number of nitrogens with one attached hydrogen (secondary N) is 2. The number of carbonyl (C=O) groups excluding carboxylic acids is 1. The number of rotatable bonds is 5. The lowest BCUT2D eigenvalue weighted by atomic mass is 9.89. The summed E-state index contributed by atoms with van der Waals surface area (Å²) in [7, 11) is 1.83. The molecule has 0 unspecified atom stereocenters. The van der Waals surface area contributed by atoms with Gasteiger partial charge in [0.2, 0.25) is 17.7 Å². The number of aryl methyl sites for hydroxylation is 1. The Morgan fingerprint density at radius 1 is 1.26 bits per heavy atom. The monoisotopic (exact) mass is 436 g/mol. The van der Waals surface area contributed by atoms with Gasteiger partial charge in [-0.3, -0.25) is 4.79 Å². The maximum Gasteiger partial charge on any atom is 0.433 e. The van der Waals surface area contributed by atoms with Crippen LogP contribution in [0.25, 0.3) is 0 Å². The zero-order valence-electron chi connectivity index (χ0n) is 17.3. The molecule has 2 aliphatic rings. The van der Waals surface area contributed by atoms with Crippen molar-refractivity contribution in [3.63, 3.8) is 0 Å². The van der Waals surface area contributed by atoms with Gasteiger partial charge in [-0.05, 0) is 19.4 Å². The Morgan fingerprint density at radius 3 is 2.68 bits per heavy atom. The highest BCUT2D eigenvalue weighted by Crippen LogP contribution is 2.35. The number of halogens is 3. The topological polar surface area (TPSA) is 92.3 Å². The molecule has 2 N–H and O–H groups in total. The van der Waals surface area contributed by atoms with Crippen molar-refractivity contribution in [2.45, 2.75) is 57.5 Å². The average Bonchev–Trinajstić information content (AvgIpc) is 2.67. The lowest BCUT2D eigenvalue weighted by Gasteiger charge is -2.37. The Hall–Kier alpha value is -3.11. The third kappa shape index (κ3) is 4.21. The molecule has 3 heterocycles. The summed E-state index contributed by atoms with van der Waals surface area (Å²) >= 11 is 0. The van der Waals surface area contributed by atoms with E-state index in [0.717, 1.165) is 6.07 Å². The Balaban J connectivity index is 1.39. The first-order chi connectivity index (χ1) is 14.7. The first-order valence-electron chi connectivity index (χ1n) is 10.1. The number of carbonyl (C=O) groups is 1. The molecule has 0 aromatic carbocycles. The number of hydrogen-bond donors (Lipinski definition) is 2. The summed E-state index contributed by atoms with van der Waals surface area (Å²) in [6, 6.07) is 3.34. The van der Waals surface area contributed by atoms with Crippen molar-refractivity contribution < 1.29 is 22.7 Å². The van der Waals surface area contributed by atoms with Crippen molar-refractivity contribution in [3.8, 4) is 5.88 Å². The van der Waals surface area contributed by atoms with Crippen LogP contribution >= 0.6 is 0 Å². The number of nitrogens with zero attached hydrogens (tertiary/aromatic N) is 4. The van der Waals surface area contributed by atoms with Gasteiger partial charge in [0.1, 0.15) is 23.5 Å². The number of fused-ring (bicyclic) bond motifs is 1. The van der Waals surface area contributed by atoms with E-state index in [-0.39, 0.29) is 30.0 Å². The molecular formula is C20H23F3N6O2. The molecule has 166 valence electrons. The standard InChI is InChI=1S/C20H23F3N6O2/c1-4-13-18(30)27-16-10(2)24-19(28-17(16)29(13)3)25-11-8-12(9-11)31-15-7-5-6-14(26-15)20(21,22)23/h5-7,11-13H,4,8-9H2,1-3H3,(H,27,30)(H,24,25,28)/t11-,12-,13-/m0/s1. The third-order valence-electron chi connectivity index (χ3n) is 5.54. The second-order valence-electron chi connectivity index (χ2n) is 7.77. The van der Waals surface area contributed by atoms with Crippen LogP contribution in [0.3, 0.4) is 0 Å². The van der Waals surface area contributed by atoms with Crippen molar-refractivity contribution in [2.24, 2.45) is 0 Å². The number of aromatic nitrogens is 3. The molecule has 31 heavy (non-hydrogen) atoms. The number of anilines is 3. The number of pyridine rings is 1. The summed E-state index contributed by atoms with van der Waals surface area (Å²) in [5.74, 6) is 0.978. The van der Waals surface area contributed by atoms with Gasteiger partial charge in [-0.15, -0.1) is 0 Å². The first kappa shape index (κ1) is 21.1. The molecule has 0 saturated heterocycles. The predicted molar refractivity (Wildman–Crippen MR) is 108 cm³/mol. The number of ether oxygens (including phenoxy) is 1. The van der Waals surface area contributed by atoms with E-state index in [1.165, 1.54) is 12.1 Å². The zero-order chi connectivity index (χ0) is 22.3. The number of amides is 1. The maximum atomic E-state index is 12.8. The van der Waals surface area contributed by atoms with Crippen molar-refractivity contribution in [2.75, 3.05) is 22.6 Å². The van der Waals surface area contributed by atoms with E-state index in [4.69, 9.17) is 4.74 Å². The summed E-state index contributed by atoms with van der Waals surface area (Å²) in [5.41, 5.74) is 0.286. The lowest BCUT2D eigenvalue weighted by molar-refractivity contribution is -0.141. The Labute approximate surface area is 177 Å². The molecule has 1 aliphatic heterocycles. The van der Waals surface area contributed by atoms with Gasteiger partial charge in [0.15, 0.2) is 5.82 Å². The fourth-order valence-electron chi connectivity index (χ4n) is 3.78. The molecule has 0 bridgehead atoms. The average molecular weight is 436 g/mol. The van der Waals surface area contributed by atoms with E-state index >= 15 is 0 Å². The first-order valence-corrected chi connectivity index (χ1v) is 10.1. The molecule has 1 saturated carbocycles. The van der Waals surface area contributed by atoms with Gasteiger partial charge in [0.25, 0.3) is 0 Å². The van der Waals surface area contributed by atoms with Gasteiger partial charge < -0.3 is 20.3 Å². The van der Waals surface area contributed by atoms with Crippen LogP contribution in [-0.4, -0.2) is 46.1 Å². The van der Waals surface area contributed by atoms with Crippen LogP contribution in [0.1, 0.15) is 37.6 Å². The summed E-state index contributed by atoms with van der Waals surface area (Å²) in [6.07, 6.45) is -2.92. The quantitative estimate of drug-likeness (QED) is 0.742. The second kappa shape index (κ2) is 7.86. The normalized spacial score (nSPS) is 23.0. The summed E-state index contributed by atoms with van der Waals surface area (Å²) in [6.45, 7) is 3.74. The Bertz CT molecular complexity index is 993. The van der Waals surface area contributed by atoms with Crippen LogP contribution in [-0.2, 0) is 11.0 Å². The molecule has 11 heteroatoms. The summed E-state index contributed by atoms with van der Waals surface area (Å²) < 4.78 is 43.9. The molecule has 8 nitrogen and oxygen atoms in total. The minimum absolute atomic E-state index is 0.0266. The SMILES string of the molecule is CC[C@H]1C(=O)Nc2c(C)nc(N[C@H]3C[C@H](Oc4cccc(C(F)(F)F)n4)C3)nc2N1C. The molecule has 2 aromatic rings. The van der Waals surface area contributed by atoms with E-state index in [0.29, 0.717) is 42.4 Å². The van der Waals surface area contributed by atoms with Gasteiger partial charge in [-0.1, -0.05) is 13.0 Å². The van der Waals surface area contributed by atoms with Gasteiger partial charge in [-0.25, -0.2) is 9.97 Å². The molecule has 0 spiro atoms. The summed E-state index contributed by atoms with van der Waals surface area (Å²) in [4.78, 5) is 26.6. The van der Waals surface area contributed by atoms with Crippen molar-refractivity contribution in [3.05, 3.63) is 29.6 Å². The zero-order valence-corrected chi connectivity index (χ0v) is 17.3. The summed E-state index contributed by atoms with van der Waals surface area (Å²) in [5, 5.41) is 6.12. The lowest BCUT2D eigenvalue weighted by Crippen LogP contribution is -2.47.